The number of hydrogen-bond acceptors (Lipinski definition) is 4. The van der Waals surface area contributed by atoms with Gasteiger partial charge in [-0.2, -0.15) is 0 Å². The van der Waals surface area contributed by atoms with E-state index in [9.17, 15) is 14.4 Å². The lowest BCUT2D eigenvalue weighted by Gasteiger charge is -2.25. The number of ether oxygens (including phenoxy) is 1. The molecular formula is C13H24N2O5. The summed E-state index contributed by atoms with van der Waals surface area (Å²) in [6.45, 7) is 8.28. The molecule has 0 saturated heterocycles. The molecule has 0 aromatic heterocycles. The molecule has 0 aromatic rings. The normalized spacial score (nSPS) is 12.8. The number of carbonyl (C=O) groups excluding carboxylic acids is 2. The van der Waals surface area contributed by atoms with Crippen LogP contribution >= 0.6 is 0 Å². The maximum Gasteiger partial charge on any atom is 0.410 e. The first-order valence-electron chi connectivity index (χ1n) is 6.40. The van der Waals surface area contributed by atoms with Crippen molar-refractivity contribution in [3.63, 3.8) is 0 Å². The Hall–Kier alpha value is -1.79. The van der Waals surface area contributed by atoms with E-state index in [0.29, 0.717) is 0 Å². The van der Waals surface area contributed by atoms with Crippen LogP contribution in [0, 0.1) is 5.92 Å². The van der Waals surface area contributed by atoms with Crippen molar-refractivity contribution >= 4 is 18.0 Å². The molecule has 0 aromatic carbocycles. The molecule has 7 heteroatoms. The molecule has 0 aliphatic carbocycles. The SMILES string of the molecule is CC(C)[C@H](NC(=O)CN(C)C(=O)OC(C)(C)C)C(=O)O. The van der Waals surface area contributed by atoms with Gasteiger partial charge >= 0.3 is 12.1 Å². The van der Waals surface area contributed by atoms with Gasteiger partial charge in [0.15, 0.2) is 0 Å². The summed E-state index contributed by atoms with van der Waals surface area (Å²) in [7, 11) is 1.42. The number of nitrogens with one attached hydrogen (secondary N) is 1. The molecule has 7 nitrogen and oxygen atoms in total. The Bertz CT molecular complexity index is 373. The fourth-order valence-electron chi connectivity index (χ4n) is 1.35. The number of amides is 2. The molecule has 0 spiro atoms. The number of nitrogens with zero attached hydrogens (tertiary/aromatic N) is 1. The molecule has 0 aliphatic rings. The van der Waals surface area contributed by atoms with Crippen LogP contribution in [0.1, 0.15) is 34.6 Å². The number of rotatable bonds is 5. The van der Waals surface area contributed by atoms with Crippen LogP contribution < -0.4 is 5.32 Å². The Morgan fingerprint density at radius 3 is 2.10 bits per heavy atom. The van der Waals surface area contributed by atoms with Gasteiger partial charge in [0.2, 0.25) is 5.91 Å². The van der Waals surface area contributed by atoms with E-state index in [1.807, 2.05) is 0 Å². The highest BCUT2D eigenvalue weighted by Crippen LogP contribution is 2.09. The second kappa shape index (κ2) is 7.12. The zero-order valence-electron chi connectivity index (χ0n) is 12.9. The van der Waals surface area contributed by atoms with Crippen LogP contribution in [0.2, 0.25) is 0 Å². The van der Waals surface area contributed by atoms with Gasteiger partial charge in [0, 0.05) is 7.05 Å². The van der Waals surface area contributed by atoms with Gasteiger partial charge in [0.25, 0.3) is 0 Å². The standard InChI is InChI=1S/C13H24N2O5/c1-8(2)10(11(17)18)14-9(16)7-15(6)12(19)20-13(3,4)5/h8,10H,7H2,1-6H3,(H,14,16)(H,17,18)/t10-/m0/s1. The first-order valence-corrected chi connectivity index (χ1v) is 6.40. The number of carboxylic acid groups (broad SMARTS) is 1. The Labute approximate surface area is 119 Å². The number of carboxylic acids is 1. The highest BCUT2D eigenvalue weighted by atomic mass is 16.6. The lowest BCUT2D eigenvalue weighted by molar-refractivity contribution is -0.143. The van der Waals surface area contributed by atoms with Crippen LogP contribution in [0.3, 0.4) is 0 Å². The summed E-state index contributed by atoms with van der Waals surface area (Å²) in [6, 6.07) is -0.977. The minimum absolute atomic E-state index is 0.247. The quantitative estimate of drug-likeness (QED) is 0.789. The van der Waals surface area contributed by atoms with Crippen molar-refractivity contribution in [3.8, 4) is 0 Å². The van der Waals surface area contributed by atoms with E-state index < -0.39 is 29.6 Å². The predicted molar refractivity (Wildman–Crippen MR) is 73.3 cm³/mol. The molecule has 2 N–H and O–H groups in total. The summed E-state index contributed by atoms with van der Waals surface area (Å²) >= 11 is 0. The number of hydrogen-bond donors (Lipinski definition) is 2. The van der Waals surface area contributed by atoms with Gasteiger partial charge in [-0.25, -0.2) is 9.59 Å². The Kier molecular flexibility index (Phi) is 6.48. The molecule has 0 rings (SSSR count). The predicted octanol–water partition coefficient (Wildman–Crippen LogP) is 1.08. The molecule has 20 heavy (non-hydrogen) atoms. The second-order valence-corrected chi connectivity index (χ2v) is 5.96. The molecular weight excluding hydrogens is 264 g/mol. The third kappa shape index (κ3) is 6.96. The molecule has 2 amide bonds. The van der Waals surface area contributed by atoms with E-state index >= 15 is 0 Å². The van der Waals surface area contributed by atoms with E-state index in [0.717, 1.165) is 4.90 Å². The minimum Gasteiger partial charge on any atom is -0.480 e. The zero-order chi connectivity index (χ0) is 16.1. The molecule has 0 saturated carbocycles. The Morgan fingerprint density at radius 2 is 1.75 bits per heavy atom. The van der Waals surface area contributed by atoms with E-state index in [1.54, 1.807) is 34.6 Å². The molecule has 0 aliphatic heterocycles. The molecule has 0 bridgehead atoms. The van der Waals surface area contributed by atoms with Crippen molar-refractivity contribution in [1.29, 1.82) is 0 Å². The molecule has 0 heterocycles. The second-order valence-electron chi connectivity index (χ2n) is 5.96. The zero-order valence-corrected chi connectivity index (χ0v) is 12.9. The van der Waals surface area contributed by atoms with Crippen molar-refractivity contribution in [3.05, 3.63) is 0 Å². The topological polar surface area (TPSA) is 95.9 Å². The van der Waals surface area contributed by atoms with E-state index in [2.05, 4.69) is 5.32 Å². The van der Waals surface area contributed by atoms with Gasteiger partial charge in [-0.05, 0) is 26.7 Å². The largest absolute Gasteiger partial charge is 0.480 e. The van der Waals surface area contributed by atoms with Crippen LogP contribution in [0.25, 0.3) is 0 Å². The molecule has 0 radical (unpaired) electrons. The summed E-state index contributed by atoms with van der Waals surface area (Å²) in [6.07, 6.45) is -0.635. The summed E-state index contributed by atoms with van der Waals surface area (Å²) in [4.78, 5) is 35.4. The number of carbonyl (C=O) groups is 3. The summed E-state index contributed by atoms with van der Waals surface area (Å²) in [5.74, 6) is -1.89. The van der Waals surface area contributed by atoms with Crippen molar-refractivity contribution in [1.82, 2.24) is 10.2 Å². The van der Waals surface area contributed by atoms with Gasteiger partial charge in [-0.3, -0.25) is 4.79 Å². The third-order valence-corrected chi connectivity index (χ3v) is 2.34. The van der Waals surface area contributed by atoms with Gasteiger partial charge in [-0.1, -0.05) is 13.8 Å². The van der Waals surface area contributed by atoms with Crippen molar-refractivity contribution < 1.29 is 24.2 Å². The lowest BCUT2D eigenvalue weighted by atomic mass is 10.1. The maximum atomic E-state index is 11.7. The molecule has 0 fully saturated rings. The number of aliphatic carboxylic acids is 1. The maximum absolute atomic E-state index is 11.7. The highest BCUT2D eigenvalue weighted by molar-refractivity contribution is 5.86. The van der Waals surface area contributed by atoms with E-state index in [1.165, 1.54) is 7.05 Å². The van der Waals surface area contributed by atoms with Crippen LogP contribution in [-0.2, 0) is 14.3 Å². The first kappa shape index (κ1) is 18.2. The van der Waals surface area contributed by atoms with Crippen LogP contribution in [-0.4, -0.2) is 53.2 Å². The molecule has 1 atom stereocenters. The molecule has 116 valence electrons. The van der Waals surface area contributed by atoms with Crippen LogP contribution in [0.5, 0.6) is 0 Å². The summed E-state index contributed by atoms with van der Waals surface area (Å²) in [5, 5.41) is 11.3. The minimum atomic E-state index is -1.10. The third-order valence-electron chi connectivity index (χ3n) is 2.34. The smallest absolute Gasteiger partial charge is 0.410 e. The monoisotopic (exact) mass is 288 g/mol. The van der Waals surface area contributed by atoms with E-state index in [-0.39, 0.29) is 12.5 Å². The Balaban J connectivity index is 4.46. The molecule has 0 unspecified atom stereocenters. The van der Waals surface area contributed by atoms with Gasteiger partial charge in [0.05, 0.1) is 0 Å². The average Bonchev–Trinajstić information content (AvgIpc) is 2.22. The highest BCUT2D eigenvalue weighted by Gasteiger charge is 2.25. The van der Waals surface area contributed by atoms with Crippen molar-refractivity contribution in [2.24, 2.45) is 5.92 Å². The van der Waals surface area contributed by atoms with E-state index in [4.69, 9.17) is 9.84 Å². The van der Waals surface area contributed by atoms with Crippen LogP contribution in [0.15, 0.2) is 0 Å². The fraction of sp³-hybridized carbons (Fsp3) is 0.769. The Morgan fingerprint density at radius 1 is 1.25 bits per heavy atom. The van der Waals surface area contributed by atoms with Crippen LogP contribution in [0.4, 0.5) is 4.79 Å². The first-order chi connectivity index (χ1) is 8.94. The van der Waals surface area contributed by atoms with Gasteiger partial charge in [-0.15, -0.1) is 0 Å². The average molecular weight is 288 g/mol. The lowest BCUT2D eigenvalue weighted by Crippen LogP contribution is -2.48. The summed E-state index contributed by atoms with van der Waals surface area (Å²) < 4.78 is 5.09. The fourth-order valence-corrected chi connectivity index (χ4v) is 1.35. The van der Waals surface area contributed by atoms with Crippen molar-refractivity contribution in [2.45, 2.75) is 46.3 Å². The number of likely N-dealkylation sites (N-methyl/N-ethyl adjacent to an activating group) is 1. The van der Waals surface area contributed by atoms with Gasteiger partial charge < -0.3 is 20.1 Å². The van der Waals surface area contributed by atoms with Gasteiger partial charge in [0.1, 0.15) is 18.2 Å². The summed E-state index contributed by atoms with van der Waals surface area (Å²) in [5.41, 5.74) is -0.649. The van der Waals surface area contributed by atoms with Crippen molar-refractivity contribution in [2.75, 3.05) is 13.6 Å².